The molecule has 0 radical (unpaired) electrons. The number of carbonyl (C=O) groups excluding carboxylic acids is 1. The van der Waals surface area contributed by atoms with E-state index in [2.05, 4.69) is 25.3 Å². The maximum absolute atomic E-state index is 12.0. The van der Waals surface area contributed by atoms with Crippen molar-refractivity contribution in [2.75, 3.05) is 12.3 Å². The summed E-state index contributed by atoms with van der Waals surface area (Å²) in [6, 6.07) is 0. The van der Waals surface area contributed by atoms with E-state index in [-0.39, 0.29) is 30.4 Å². The summed E-state index contributed by atoms with van der Waals surface area (Å²) in [6.07, 6.45) is 4.12. The van der Waals surface area contributed by atoms with Crippen LogP contribution in [-0.2, 0) is 20.8 Å². The van der Waals surface area contributed by atoms with Gasteiger partial charge in [0.2, 0.25) is 0 Å². The van der Waals surface area contributed by atoms with Gasteiger partial charge in [-0.25, -0.2) is 24.5 Å². The Kier molecular flexibility index (Phi) is 5.33. The van der Waals surface area contributed by atoms with Gasteiger partial charge >= 0.3 is 12.0 Å². The van der Waals surface area contributed by atoms with E-state index in [4.69, 9.17) is 30.8 Å². The number of nitrogen functional groups attached to an aromatic ring is 1. The fourth-order valence-electron chi connectivity index (χ4n) is 3.32. The highest BCUT2D eigenvalue weighted by Gasteiger charge is 2.49. The zero-order valence-electron chi connectivity index (χ0n) is 17.1. The molecule has 4 heterocycles. The van der Waals surface area contributed by atoms with E-state index < -0.39 is 36.5 Å². The van der Waals surface area contributed by atoms with Gasteiger partial charge in [0, 0.05) is 6.42 Å². The van der Waals surface area contributed by atoms with Gasteiger partial charge in [-0.2, -0.15) is 0 Å². The van der Waals surface area contributed by atoms with Gasteiger partial charge in [0.1, 0.15) is 30.3 Å². The first kappa shape index (κ1) is 21.3. The highest BCUT2D eigenvalue weighted by atomic mass is 16.7. The Morgan fingerprint density at radius 3 is 2.88 bits per heavy atom. The number of carbonyl (C=O) groups is 1. The lowest BCUT2D eigenvalue weighted by molar-refractivity contribution is -0.0987. The number of anilines is 1. The fraction of sp³-hybridized carbons (Fsp3) is 0.421. The van der Waals surface area contributed by atoms with Crippen LogP contribution in [0.25, 0.3) is 11.2 Å². The highest BCUT2D eigenvalue weighted by molar-refractivity contribution is 5.81. The molecule has 1 aliphatic heterocycles. The Morgan fingerprint density at radius 1 is 1.41 bits per heavy atom. The van der Waals surface area contributed by atoms with Gasteiger partial charge in [0.05, 0.1) is 6.33 Å². The molecule has 168 valence electrons. The molecule has 3 aromatic heterocycles. The summed E-state index contributed by atoms with van der Waals surface area (Å²) >= 11 is 0. The topological polar surface area (TPSA) is 178 Å². The van der Waals surface area contributed by atoms with Crippen molar-refractivity contribution in [1.29, 1.82) is 0 Å². The van der Waals surface area contributed by atoms with E-state index in [1.807, 2.05) is 0 Å². The van der Waals surface area contributed by atoms with Crippen molar-refractivity contribution < 1.29 is 32.9 Å². The number of rotatable bonds is 5. The van der Waals surface area contributed by atoms with Gasteiger partial charge < -0.3 is 33.9 Å². The van der Waals surface area contributed by atoms with Crippen molar-refractivity contribution >= 4 is 23.1 Å². The van der Waals surface area contributed by atoms with Crippen molar-refractivity contribution in [3.63, 3.8) is 0 Å². The first-order chi connectivity index (χ1) is 15.2. The number of aryl methyl sites for hydroxylation is 2. The molecule has 3 aromatic rings. The standard InChI is InChI=1S/C19H19N5O8/c1-4-19(7-29-17(26)28-6-11-9(2)30-18(27)31-11)12(25)5-13(32-19)24-8-21-14-15(20)22-10(3)23-16(14)24/h1,8,12-13,25H,5-7H2,2-3H3,(H2,20,22,23)/t12-,13+,19+/m0/s1. The van der Waals surface area contributed by atoms with Crippen LogP contribution in [0.3, 0.4) is 0 Å². The van der Waals surface area contributed by atoms with E-state index in [1.165, 1.54) is 13.3 Å². The number of fused-ring (bicyclic) bond motifs is 1. The van der Waals surface area contributed by atoms with Crippen LogP contribution in [0.1, 0.15) is 30.0 Å². The molecule has 3 atom stereocenters. The molecule has 3 N–H and O–H groups in total. The molecule has 0 amide bonds. The number of aliphatic hydroxyl groups is 1. The first-order valence-corrected chi connectivity index (χ1v) is 9.41. The van der Waals surface area contributed by atoms with Crippen LogP contribution in [0.5, 0.6) is 0 Å². The Bertz CT molecular complexity index is 1270. The van der Waals surface area contributed by atoms with Gasteiger partial charge in [0.15, 0.2) is 35.2 Å². The van der Waals surface area contributed by atoms with E-state index >= 15 is 0 Å². The Hall–Kier alpha value is -3.89. The van der Waals surface area contributed by atoms with E-state index in [1.54, 1.807) is 11.5 Å². The fourth-order valence-corrected chi connectivity index (χ4v) is 3.32. The molecule has 1 fully saturated rings. The molecule has 0 bridgehead atoms. The molecule has 13 heteroatoms. The van der Waals surface area contributed by atoms with Gasteiger partial charge in [-0.15, -0.1) is 6.42 Å². The number of terminal acetylenes is 1. The molecule has 0 saturated carbocycles. The van der Waals surface area contributed by atoms with Crippen LogP contribution >= 0.6 is 0 Å². The predicted octanol–water partition coefficient (Wildman–Crippen LogP) is 0.577. The molecule has 4 rings (SSSR count). The summed E-state index contributed by atoms with van der Waals surface area (Å²) in [5.74, 6) is 2.31. The molecule has 0 unspecified atom stereocenters. The average Bonchev–Trinajstić information content (AvgIpc) is 3.40. The Morgan fingerprint density at radius 2 is 2.19 bits per heavy atom. The number of aromatic nitrogens is 4. The summed E-state index contributed by atoms with van der Waals surface area (Å²) in [7, 11) is 0. The largest absolute Gasteiger partial charge is 0.519 e. The lowest BCUT2D eigenvalue weighted by atomic mass is 9.99. The Balaban J connectivity index is 1.44. The second-order valence-electron chi connectivity index (χ2n) is 7.10. The van der Waals surface area contributed by atoms with Crippen LogP contribution < -0.4 is 11.6 Å². The number of aliphatic hydroxyl groups excluding tert-OH is 1. The van der Waals surface area contributed by atoms with Crippen molar-refractivity contribution in [1.82, 2.24) is 19.5 Å². The molecule has 0 aliphatic carbocycles. The smallest absolute Gasteiger partial charge is 0.430 e. The van der Waals surface area contributed by atoms with Crippen molar-refractivity contribution in [3.05, 3.63) is 34.3 Å². The maximum Gasteiger partial charge on any atom is 0.519 e. The van der Waals surface area contributed by atoms with E-state index in [9.17, 15) is 14.7 Å². The third-order valence-electron chi connectivity index (χ3n) is 4.99. The summed E-state index contributed by atoms with van der Waals surface area (Å²) < 4.78 is 26.8. The van der Waals surface area contributed by atoms with Crippen molar-refractivity contribution in [3.8, 4) is 12.3 Å². The quantitative estimate of drug-likeness (QED) is 0.413. The van der Waals surface area contributed by atoms with Crippen LogP contribution in [0.4, 0.5) is 10.6 Å². The lowest BCUT2D eigenvalue weighted by Crippen LogP contribution is -2.43. The van der Waals surface area contributed by atoms with Gasteiger partial charge in [-0.1, -0.05) is 5.92 Å². The summed E-state index contributed by atoms with van der Waals surface area (Å²) in [5.41, 5.74) is 5.05. The van der Waals surface area contributed by atoms with E-state index in [0.29, 0.717) is 17.0 Å². The SMILES string of the molecule is C#C[C@]1(COC(=O)OCc2oc(=O)oc2C)O[C@@H](n2cnc3c(N)nc(C)nc32)C[C@@H]1O. The lowest BCUT2D eigenvalue weighted by Gasteiger charge is -2.25. The predicted molar refractivity (Wildman–Crippen MR) is 105 cm³/mol. The second-order valence-corrected chi connectivity index (χ2v) is 7.10. The summed E-state index contributed by atoms with van der Waals surface area (Å²) in [4.78, 5) is 35.6. The van der Waals surface area contributed by atoms with Gasteiger partial charge in [0.25, 0.3) is 0 Å². The molecule has 1 aliphatic rings. The minimum Gasteiger partial charge on any atom is -0.430 e. The molecule has 32 heavy (non-hydrogen) atoms. The average molecular weight is 445 g/mol. The van der Waals surface area contributed by atoms with E-state index in [0.717, 1.165) is 0 Å². The van der Waals surface area contributed by atoms with Crippen LogP contribution in [-0.4, -0.2) is 49.1 Å². The minimum atomic E-state index is -1.63. The third-order valence-corrected chi connectivity index (χ3v) is 4.99. The summed E-state index contributed by atoms with van der Waals surface area (Å²) in [6.45, 7) is 2.29. The molecule has 13 nitrogen and oxygen atoms in total. The second kappa shape index (κ2) is 7.98. The third kappa shape index (κ3) is 3.77. The number of ether oxygens (including phenoxy) is 3. The maximum atomic E-state index is 12.0. The minimum absolute atomic E-state index is 0.0411. The van der Waals surface area contributed by atoms with Crippen molar-refractivity contribution in [2.45, 2.75) is 44.8 Å². The highest BCUT2D eigenvalue weighted by Crippen LogP contribution is 2.38. The number of hydrogen-bond donors (Lipinski definition) is 2. The van der Waals surface area contributed by atoms with Crippen LogP contribution in [0.15, 0.2) is 20.0 Å². The van der Waals surface area contributed by atoms with Crippen LogP contribution in [0.2, 0.25) is 0 Å². The number of hydrogen-bond acceptors (Lipinski definition) is 12. The first-order valence-electron chi connectivity index (χ1n) is 9.41. The molecule has 1 saturated heterocycles. The normalized spacial score (nSPS) is 22.7. The van der Waals surface area contributed by atoms with Gasteiger partial charge in [-0.3, -0.25) is 4.57 Å². The number of nitrogens with zero attached hydrogens (tertiary/aromatic N) is 4. The zero-order chi connectivity index (χ0) is 23.0. The van der Waals surface area contributed by atoms with Crippen LogP contribution in [0, 0.1) is 26.2 Å². The molecule has 0 aromatic carbocycles. The number of nitrogens with two attached hydrogens (primary N) is 1. The monoisotopic (exact) mass is 445 g/mol. The number of imidazole rings is 1. The Labute approximate surface area is 180 Å². The molecular formula is C19H19N5O8. The zero-order valence-corrected chi connectivity index (χ0v) is 17.1. The summed E-state index contributed by atoms with van der Waals surface area (Å²) in [5, 5.41) is 10.6. The van der Waals surface area contributed by atoms with Gasteiger partial charge in [-0.05, 0) is 13.8 Å². The van der Waals surface area contributed by atoms with Crippen molar-refractivity contribution in [2.24, 2.45) is 0 Å². The molecule has 0 spiro atoms. The molecular weight excluding hydrogens is 426 g/mol.